The molecule has 0 saturated heterocycles. The number of hydrogen-bond donors (Lipinski definition) is 2. The van der Waals surface area contributed by atoms with Gasteiger partial charge in [-0.25, -0.2) is 9.98 Å². The van der Waals surface area contributed by atoms with Crippen molar-refractivity contribution in [3.63, 3.8) is 0 Å². The van der Waals surface area contributed by atoms with Crippen molar-refractivity contribution in [1.29, 1.82) is 0 Å². The number of aromatic nitrogens is 3. The topological polar surface area (TPSA) is 101 Å². The van der Waals surface area contributed by atoms with Gasteiger partial charge in [0.05, 0.1) is 12.2 Å². The minimum absolute atomic E-state index is 0. The molecule has 3 rings (SSSR count). The largest absolute Gasteiger partial charge is 0.444 e. The van der Waals surface area contributed by atoms with Gasteiger partial charge in [-0.15, -0.1) is 24.0 Å². The molecule has 8 nitrogen and oxygen atoms in total. The predicted octanol–water partition coefficient (Wildman–Crippen LogP) is 3.87. The van der Waals surface area contributed by atoms with Gasteiger partial charge in [-0.2, -0.15) is 4.98 Å². The number of rotatable bonds is 6. The summed E-state index contributed by atoms with van der Waals surface area (Å²) in [5, 5.41) is 11.0. The Morgan fingerprint density at radius 1 is 1.11 bits per heavy atom. The van der Waals surface area contributed by atoms with E-state index in [1.807, 2.05) is 32.9 Å². The minimum atomic E-state index is 0. The van der Waals surface area contributed by atoms with Crippen molar-refractivity contribution in [3.8, 4) is 11.4 Å². The first-order valence-corrected chi connectivity index (χ1v) is 8.96. The van der Waals surface area contributed by atoms with E-state index in [0.29, 0.717) is 35.1 Å². The average molecular weight is 517 g/mol. The molecular weight excluding hydrogens is 495 g/mol. The highest BCUT2D eigenvalue weighted by Gasteiger charge is 2.10. The fourth-order valence-electron chi connectivity index (χ4n) is 2.30. The summed E-state index contributed by atoms with van der Waals surface area (Å²) in [5.74, 6) is 2.95. The molecule has 28 heavy (non-hydrogen) atoms. The first-order chi connectivity index (χ1) is 13.0. The summed E-state index contributed by atoms with van der Waals surface area (Å²) in [5.41, 5.74) is 1.72. The van der Waals surface area contributed by atoms with Gasteiger partial charge in [-0.1, -0.05) is 16.8 Å². The van der Waals surface area contributed by atoms with Crippen molar-refractivity contribution < 1.29 is 8.94 Å². The highest BCUT2D eigenvalue weighted by molar-refractivity contribution is 14.0. The van der Waals surface area contributed by atoms with Crippen molar-refractivity contribution in [1.82, 2.24) is 25.8 Å². The van der Waals surface area contributed by atoms with Crippen molar-refractivity contribution in [2.45, 2.75) is 33.9 Å². The molecule has 0 amide bonds. The smallest absolute Gasteiger partial charge is 0.248 e. The Morgan fingerprint density at radius 2 is 1.86 bits per heavy atom. The molecule has 3 aromatic rings. The van der Waals surface area contributed by atoms with Crippen LogP contribution in [0.15, 0.2) is 38.2 Å². The highest BCUT2D eigenvalue weighted by atomic mass is 127. The minimum Gasteiger partial charge on any atom is -0.444 e. The maximum atomic E-state index is 5.90. The monoisotopic (exact) mass is 516 g/mol. The van der Waals surface area contributed by atoms with Crippen molar-refractivity contribution in [2.75, 3.05) is 6.54 Å². The lowest BCUT2D eigenvalue weighted by molar-refractivity contribution is 0.380. The lowest BCUT2D eigenvalue weighted by atomic mass is 10.2. The SMILES string of the molecule is CCNC(=NCc1nc(-c2ccc(Cl)cc2)no1)NCc1nc(C)c(C)o1.I. The second kappa shape index (κ2) is 10.4. The van der Waals surface area contributed by atoms with E-state index < -0.39 is 0 Å². The molecule has 0 aliphatic heterocycles. The van der Waals surface area contributed by atoms with Crippen LogP contribution in [-0.2, 0) is 13.1 Å². The van der Waals surface area contributed by atoms with Crippen LogP contribution in [0.4, 0.5) is 0 Å². The van der Waals surface area contributed by atoms with Gasteiger partial charge >= 0.3 is 0 Å². The average Bonchev–Trinajstić information content (AvgIpc) is 3.25. The molecule has 2 N–H and O–H groups in total. The zero-order valence-electron chi connectivity index (χ0n) is 15.8. The number of halogens is 2. The lowest BCUT2D eigenvalue weighted by Crippen LogP contribution is -2.36. The molecule has 150 valence electrons. The molecule has 0 spiro atoms. The van der Waals surface area contributed by atoms with E-state index in [0.717, 1.165) is 23.6 Å². The highest BCUT2D eigenvalue weighted by Crippen LogP contribution is 2.18. The quantitative estimate of drug-likeness (QED) is 0.291. The first-order valence-electron chi connectivity index (χ1n) is 8.58. The number of nitrogens with one attached hydrogen (secondary N) is 2. The van der Waals surface area contributed by atoms with Gasteiger partial charge in [0.15, 0.2) is 5.96 Å². The molecule has 0 fully saturated rings. The van der Waals surface area contributed by atoms with E-state index in [2.05, 4.69) is 30.8 Å². The fourth-order valence-corrected chi connectivity index (χ4v) is 2.42. The Labute approximate surface area is 185 Å². The maximum Gasteiger partial charge on any atom is 0.248 e. The van der Waals surface area contributed by atoms with Gasteiger partial charge in [-0.3, -0.25) is 0 Å². The van der Waals surface area contributed by atoms with Gasteiger partial charge in [0.2, 0.25) is 17.6 Å². The Bertz CT molecular complexity index is 903. The summed E-state index contributed by atoms with van der Waals surface area (Å²) in [6.45, 7) is 7.19. The van der Waals surface area contributed by atoms with E-state index in [-0.39, 0.29) is 30.5 Å². The van der Waals surface area contributed by atoms with Gasteiger partial charge < -0.3 is 19.6 Å². The molecule has 2 aromatic heterocycles. The summed E-state index contributed by atoms with van der Waals surface area (Å²) in [6, 6.07) is 7.24. The Balaban J connectivity index is 0.00000280. The summed E-state index contributed by atoms with van der Waals surface area (Å²) in [4.78, 5) is 13.2. The molecule has 0 aliphatic carbocycles. The maximum absolute atomic E-state index is 5.90. The fraction of sp³-hybridized carbons (Fsp3) is 0.333. The number of oxazole rings is 1. The van der Waals surface area contributed by atoms with Crippen LogP contribution in [0.1, 0.15) is 30.2 Å². The third-order valence-electron chi connectivity index (χ3n) is 3.77. The summed E-state index contributed by atoms with van der Waals surface area (Å²) in [6.07, 6.45) is 0. The molecule has 0 aliphatic rings. The standard InChI is InChI=1S/C18H21ClN6O2.HI/c1-4-20-18(21-9-15-23-11(2)12(3)26-15)22-10-16-24-17(25-27-16)13-5-7-14(19)8-6-13;/h5-8H,4,9-10H2,1-3H3,(H2,20,21,22);1H. The van der Waals surface area contributed by atoms with Gasteiger partial charge in [0, 0.05) is 17.1 Å². The van der Waals surface area contributed by atoms with Crippen LogP contribution in [0.5, 0.6) is 0 Å². The molecule has 0 unspecified atom stereocenters. The van der Waals surface area contributed by atoms with Crippen molar-refractivity contribution >= 4 is 41.5 Å². The normalized spacial score (nSPS) is 11.2. The Hall–Kier alpha value is -2.14. The molecule has 0 atom stereocenters. The van der Waals surface area contributed by atoms with E-state index in [1.54, 1.807) is 12.1 Å². The third-order valence-corrected chi connectivity index (χ3v) is 4.02. The van der Waals surface area contributed by atoms with E-state index in [4.69, 9.17) is 20.5 Å². The molecule has 2 heterocycles. The Morgan fingerprint density at radius 3 is 2.50 bits per heavy atom. The molecule has 0 radical (unpaired) electrons. The van der Waals surface area contributed by atoms with Gasteiger partial charge in [0.1, 0.15) is 12.3 Å². The number of nitrogens with zero attached hydrogens (tertiary/aromatic N) is 4. The number of aryl methyl sites for hydroxylation is 2. The summed E-state index contributed by atoms with van der Waals surface area (Å²) >= 11 is 5.90. The van der Waals surface area contributed by atoms with Crippen LogP contribution >= 0.6 is 35.6 Å². The third kappa shape index (κ3) is 5.93. The second-order valence-corrected chi connectivity index (χ2v) is 6.25. The predicted molar refractivity (Wildman–Crippen MR) is 118 cm³/mol. The van der Waals surface area contributed by atoms with Crippen LogP contribution in [0.25, 0.3) is 11.4 Å². The first kappa shape index (κ1) is 22.2. The van der Waals surface area contributed by atoms with E-state index in [9.17, 15) is 0 Å². The Kier molecular flexibility index (Phi) is 8.24. The van der Waals surface area contributed by atoms with Crippen LogP contribution in [0.3, 0.4) is 0 Å². The van der Waals surface area contributed by atoms with E-state index in [1.165, 1.54) is 0 Å². The zero-order chi connectivity index (χ0) is 19.2. The van der Waals surface area contributed by atoms with Crippen LogP contribution < -0.4 is 10.6 Å². The van der Waals surface area contributed by atoms with Crippen LogP contribution in [0, 0.1) is 13.8 Å². The second-order valence-electron chi connectivity index (χ2n) is 5.82. The lowest BCUT2D eigenvalue weighted by Gasteiger charge is -2.08. The van der Waals surface area contributed by atoms with Crippen molar-refractivity contribution in [2.24, 2.45) is 4.99 Å². The summed E-state index contributed by atoms with van der Waals surface area (Å²) in [7, 11) is 0. The molecule has 1 aromatic carbocycles. The summed E-state index contributed by atoms with van der Waals surface area (Å²) < 4.78 is 10.8. The molecular formula is C18H22ClIN6O2. The molecule has 0 bridgehead atoms. The van der Waals surface area contributed by atoms with Crippen LogP contribution in [-0.4, -0.2) is 27.6 Å². The van der Waals surface area contributed by atoms with Gasteiger partial charge in [0.25, 0.3) is 0 Å². The van der Waals surface area contributed by atoms with Crippen molar-refractivity contribution in [3.05, 3.63) is 52.5 Å². The molecule has 0 saturated carbocycles. The number of hydrogen-bond acceptors (Lipinski definition) is 6. The van der Waals surface area contributed by atoms with Crippen LogP contribution in [0.2, 0.25) is 5.02 Å². The number of guanidine groups is 1. The van der Waals surface area contributed by atoms with E-state index >= 15 is 0 Å². The number of benzene rings is 1. The molecule has 10 heteroatoms. The van der Waals surface area contributed by atoms with Gasteiger partial charge in [-0.05, 0) is 45.0 Å². The zero-order valence-corrected chi connectivity index (χ0v) is 18.9. The number of aliphatic imine (C=N–C) groups is 1.